The number of carbonyl (C=O) groups excluding carboxylic acids is 1. The minimum Gasteiger partial charge on any atom is -0.470 e. The number of nitrogens with zero attached hydrogens (tertiary/aromatic N) is 7. The first-order chi connectivity index (χ1) is 17.9. The Hall–Kier alpha value is -4.10. The lowest BCUT2D eigenvalue weighted by atomic mass is 9.88. The number of ether oxygens (including phenoxy) is 2. The van der Waals surface area contributed by atoms with Crippen LogP contribution >= 0.6 is 0 Å². The van der Waals surface area contributed by atoms with Gasteiger partial charge in [0.05, 0.1) is 42.5 Å². The second-order valence-electron chi connectivity index (χ2n) is 9.26. The highest BCUT2D eigenvalue weighted by Gasteiger charge is 2.28. The quantitative estimate of drug-likeness (QED) is 0.361. The molecule has 0 spiro atoms. The smallest absolute Gasteiger partial charge is 0.238 e. The summed E-state index contributed by atoms with van der Waals surface area (Å²) in [4.78, 5) is 15.4. The van der Waals surface area contributed by atoms with Crippen molar-refractivity contribution in [1.29, 1.82) is 0 Å². The number of anilines is 1. The van der Waals surface area contributed by atoms with Crippen LogP contribution in [-0.2, 0) is 28.2 Å². The number of aliphatic hydroxyl groups excluding tert-OH is 1. The van der Waals surface area contributed by atoms with Gasteiger partial charge in [0, 0.05) is 24.7 Å². The molecule has 37 heavy (non-hydrogen) atoms. The van der Waals surface area contributed by atoms with Crippen LogP contribution in [-0.4, -0.2) is 67.8 Å². The predicted molar refractivity (Wildman–Crippen MR) is 133 cm³/mol. The number of primary amides is 1. The Morgan fingerprint density at radius 1 is 1.22 bits per heavy atom. The highest BCUT2D eigenvalue weighted by atomic mass is 16.5. The highest BCUT2D eigenvalue weighted by Crippen LogP contribution is 2.36. The van der Waals surface area contributed by atoms with E-state index in [0.29, 0.717) is 23.2 Å². The summed E-state index contributed by atoms with van der Waals surface area (Å²) in [7, 11) is 0. The van der Waals surface area contributed by atoms with Crippen LogP contribution in [0.25, 0.3) is 17.0 Å². The molecule has 4 aromatic rings. The third-order valence-corrected chi connectivity index (χ3v) is 5.66. The van der Waals surface area contributed by atoms with Gasteiger partial charge in [-0.2, -0.15) is 5.10 Å². The van der Waals surface area contributed by atoms with E-state index >= 15 is 0 Å². The van der Waals surface area contributed by atoms with Gasteiger partial charge in [0.2, 0.25) is 18.1 Å². The number of rotatable bonds is 6. The topological polar surface area (TPSA) is 167 Å². The molecule has 196 valence electrons. The molecular formula is C24H30N8O5. The van der Waals surface area contributed by atoms with Gasteiger partial charge in [-0.1, -0.05) is 25.9 Å². The highest BCUT2D eigenvalue weighted by molar-refractivity contribution is 5.65. The summed E-state index contributed by atoms with van der Waals surface area (Å²) in [6.07, 6.45) is 3.78. The molecule has 13 nitrogen and oxygen atoms in total. The molecule has 0 atom stereocenters. The van der Waals surface area contributed by atoms with Gasteiger partial charge in [-0.15, -0.1) is 10.2 Å². The van der Waals surface area contributed by atoms with Gasteiger partial charge in [0.25, 0.3) is 0 Å². The molecule has 0 bridgehead atoms. The molecule has 4 aromatic heterocycles. The normalized spacial score (nSPS) is 13.8. The summed E-state index contributed by atoms with van der Waals surface area (Å²) < 4.78 is 18.4. The Kier molecular flexibility index (Phi) is 7.94. The van der Waals surface area contributed by atoms with Crippen molar-refractivity contribution in [1.82, 2.24) is 30.0 Å². The Labute approximate surface area is 213 Å². The minimum atomic E-state index is -0.273. The van der Waals surface area contributed by atoms with E-state index in [1.165, 1.54) is 0 Å². The summed E-state index contributed by atoms with van der Waals surface area (Å²) in [6, 6.07) is 5.64. The van der Waals surface area contributed by atoms with E-state index in [9.17, 15) is 5.11 Å². The zero-order valence-electron chi connectivity index (χ0n) is 21.0. The maximum Gasteiger partial charge on any atom is 0.238 e. The summed E-state index contributed by atoms with van der Waals surface area (Å²) in [5, 5.41) is 26.3. The lowest BCUT2D eigenvalue weighted by Gasteiger charge is -2.28. The molecule has 1 amide bonds. The van der Waals surface area contributed by atoms with Crippen LogP contribution in [0, 0.1) is 0 Å². The van der Waals surface area contributed by atoms with Crippen LogP contribution in [0.5, 0.6) is 5.88 Å². The average Bonchev–Trinajstić information content (AvgIpc) is 3.53. The number of fused-ring (bicyclic) bond motifs is 1. The molecule has 1 aliphatic rings. The Morgan fingerprint density at radius 3 is 2.59 bits per heavy atom. The van der Waals surface area contributed by atoms with E-state index in [0.717, 1.165) is 48.8 Å². The van der Waals surface area contributed by atoms with Crippen LogP contribution < -0.4 is 15.4 Å². The number of carbonyl (C=O) groups is 1. The molecule has 5 heterocycles. The van der Waals surface area contributed by atoms with Crippen LogP contribution in [0.15, 0.2) is 35.1 Å². The molecule has 5 rings (SSSR count). The van der Waals surface area contributed by atoms with E-state index in [-0.39, 0.29) is 25.0 Å². The monoisotopic (exact) mass is 510 g/mol. The molecular weight excluding hydrogens is 480 g/mol. The van der Waals surface area contributed by atoms with Crippen molar-refractivity contribution in [3.05, 3.63) is 47.6 Å². The lowest BCUT2D eigenvalue weighted by molar-refractivity contribution is -0.106. The van der Waals surface area contributed by atoms with E-state index in [1.54, 1.807) is 16.8 Å². The number of hydrogen-bond donors (Lipinski definition) is 2. The second-order valence-corrected chi connectivity index (χ2v) is 9.26. The van der Waals surface area contributed by atoms with Gasteiger partial charge in [-0.25, -0.2) is 4.52 Å². The molecule has 0 saturated carbocycles. The van der Waals surface area contributed by atoms with E-state index < -0.39 is 0 Å². The molecule has 13 heteroatoms. The van der Waals surface area contributed by atoms with E-state index in [1.807, 2.05) is 12.3 Å². The zero-order valence-corrected chi connectivity index (χ0v) is 21.0. The van der Waals surface area contributed by atoms with Crippen molar-refractivity contribution >= 4 is 17.6 Å². The first-order valence-electron chi connectivity index (χ1n) is 11.7. The van der Waals surface area contributed by atoms with Gasteiger partial charge in [-0.05, 0) is 17.5 Å². The fourth-order valence-electron chi connectivity index (χ4n) is 3.98. The van der Waals surface area contributed by atoms with Crippen LogP contribution in [0.4, 0.5) is 5.69 Å². The van der Waals surface area contributed by atoms with Gasteiger partial charge < -0.3 is 29.7 Å². The second kappa shape index (κ2) is 11.3. The number of aliphatic hydroxyl groups is 1. The lowest BCUT2D eigenvalue weighted by Crippen LogP contribution is -2.36. The molecule has 0 radical (unpaired) electrons. The van der Waals surface area contributed by atoms with E-state index in [2.05, 4.69) is 57.8 Å². The van der Waals surface area contributed by atoms with Crippen molar-refractivity contribution in [2.75, 3.05) is 31.2 Å². The Morgan fingerprint density at radius 2 is 1.97 bits per heavy atom. The Bertz CT molecular complexity index is 1320. The SMILES string of the molecule is CC(C)(C)c1c(OCc2ccc(N3CCOCC3)cn2)nn2c(-c3cc(CO)on3)nncc12.NC=O. The predicted octanol–water partition coefficient (Wildman–Crippen LogP) is 1.48. The molecule has 1 fully saturated rings. The standard InChI is InChI=1S/C23H27N7O4.CH3NO/c1-23(2,3)20-19-12-25-26-21(18-10-17(13-31)34-28-18)30(19)27-22(20)33-14-15-4-5-16(11-24-15)29-6-8-32-9-7-29;2-1-3/h4-5,10-12,31H,6-9,13-14H2,1-3H3;1H,(H2,2,3). The molecule has 3 N–H and O–H groups in total. The summed E-state index contributed by atoms with van der Waals surface area (Å²) in [5.74, 6) is 1.21. The number of morpholine rings is 1. The Balaban J connectivity index is 0.00000102. The van der Waals surface area contributed by atoms with Gasteiger partial charge in [0.15, 0.2) is 11.5 Å². The fraction of sp³-hybridized carbons (Fsp3) is 0.417. The largest absolute Gasteiger partial charge is 0.470 e. The molecule has 0 aliphatic carbocycles. The number of aromatic nitrogens is 6. The first-order valence-corrected chi connectivity index (χ1v) is 11.7. The third kappa shape index (κ3) is 5.84. The number of nitrogens with two attached hydrogens (primary N) is 1. The average molecular weight is 511 g/mol. The van der Waals surface area contributed by atoms with E-state index in [4.69, 9.17) is 23.9 Å². The van der Waals surface area contributed by atoms with Crippen molar-refractivity contribution in [2.24, 2.45) is 5.73 Å². The molecule has 1 saturated heterocycles. The van der Waals surface area contributed by atoms with Crippen molar-refractivity contribution < 1.29 is 23.9 Å². The van der Waals surface area contributed by atoms with Crippen molar-refractivity contribution in [3.63, 3.8) is 0 Å². The number of amides is 1. The number of pyridine rings is 1. The zero-order chi connectivity index (χ0) is 26.4. The fourth-order valence-corrected chi connectivity index (χ4v) is 3.98. The third-order valence-electron chi connectivity index (χ3n) is 5.66. The van der Waals surface area contributed by atoms with Crippen LogP contribution in [0.3, 0.4) is 0 Å². The van der Waals surface area contributed by atoms with Crippen molar-refractivity contribution in [2.45, 2.75) is 39.4 Å². The van der Waals surface area contributed by atoms with Gasteiger partial charge >= 0.3 is 0 Å². The number of hydrogen-bond acceptors (Lipinski definition) is 11. The van der Waals surface area contributed by atoms with Crippen molar-refractivity contribution in [3.8, 4) is 17.4 Å². The first kappa shape index (κ1) is 26.0. The maximum absolute atomic E-state index is 9.31. The molecule has 1 aliphatic heterocycles. The summed E-state index contributed by atoms with van der Waals surface area (Å²) >= 11 is 0. The summed E-state index contributed by atoms with van der Waals surface area (Å²) in [6.45, 7) is 9.48. The van der Waals surface area contributed by atoms with Crippen LogP contribution in [0.1, 0.15) is 37.8 Å². The molecule has 0 unspecified atom stereocenters. The van der Waals surface area contributed by atoms with Gasteiger partial charge in [0.1, 0.15) is 13.2 Å². The minimum absolute atomic E-state index is 0.250. The summed E-state index contributed by atoms with van der Waals surface area (Å²) in [5.41, 5.74) is 7.86. The van der Waals surface area contributed by atoms with Gasteiger partial charge in [-0.3, -0.25) is 9.78 Å². The molecule has 0 aromatic carbocycles. The maximum atomic E-state index is 9.31. The van der Waals surface area contributed by atoms with Crippen LogP contribution in [0.2, 0.25) is 0 Å².